The Morgan fingerprint density at radius 3 is 2.35 bits per heavy atom. The molecule has 0 spiro atoms. The number of hydrogen-bond acceptors (Lipinski definition) is 2. The van der Waals surface area contributed by atoms with Gasteiger partial charge in [-0.05, 0) is 19.3 Å². The summed E-state index contributed by atoms with van der Waals surface area (Å²) in [7, 11) is 0. The van der Waals surface area contributed by atoms with Gasteiger partial charge in [0.05, 0.1) is 6.17 Å². The lowest BCUT2D eigenvalue weighted by Crippen LogP contribution is -2.51. The second-order valence-corrected chi connectivity index (χ2v) is 3.53. The topological polar surface area (TPSA) is 46.3 Å². The number of hydrogen-bond donors (Lipinski definition) is 1. The normalized spacial score (nSPS) is 12.9. The van der Waals surface area contributed by atoms with Crippen molar-refractivity contribution >= 4 is 5.91 Å². The van der Waals surface area contributed by atoms with Crippen LogP contribution in [0.2, 0.25) is 0 Å². The van der Waals surface area contributed by atoms with Gasteiger partial charge in [-0.15, -0.1) is 13.2 Å². The Morgan fingerprint density at radius 1 is 1.35 bits per heavy atom. The highest BCUT2D eigenvalue weighted by molar-refractivity contribution is 5.82. The van der Waals surface area contributed by atoms with E-state index < -0.39 is 18.2 Å². The Morgan fingerprint density at radius 2 is 1.94 bits per heavy atom. The highest BCUT2D eigenvalue weighted by Crippen LogP contribution is 2.20. The van der Waals surface area contributed by atoms with Crippen molar-refractivity contribution < 1.29 is 18.0 Å². The second kappa shape index (κ2) is 7.11. The number of amides is 1. The molecular weight excluding hydrogens is 233 g/mol. The predicted molar refractivity (Wildman–Crippen MR) is 60.0 cm³/mol. The van der Waals surface area contributed by atoms with Crippen LogP contribution in [0.15, 0.2) is 25.3 Å². The van der Waals surface area contributed by atoms with E-state index in [0.717, 1.165) is 0 Å². The van der Waals surface area contributed by atoms with Gasteiger partial charge in [-0.1, -0.05) is 12.2 Å². The highest BCUT2D eigenvalue weighted by atomic mass is 19.4. The number of rotatable bonds is 7. The molecule has 0 heterocycles. The van der Waals surface area contributed by atoms with E-state index in [1.54, 1.807) is 6.08 Å². The molecule has 0 aromatic heterocycles. The zero-order valence-electron chi connectivity index (χ0n) is 9.54. The number of carbonyl (C=O) groups is 1. The summed E-state index contributed by atoms with van der Waals surface area (Å²) in [5.41, 5.74) is 5.57. The number of unbranched alkanes of at least 4 members (excludes halogenated alkanes) is 1. The van der Waals surface area contributed by atoms with E-state index >= 15 is 0 Å². The summed E-state index contributed by atoms with van der Waals surface area (Å²) in [6.45, 7) is 6.59. The first-order valence-corrected chi connectivity index (χ1v) is 5.19. The molecule has 0 bridgehead atoms. The van der Waals surface area contributed by atoms with Crippen LogP contribution in [0.3, 0.4) is 0 Å². The largest absolute Gasteiger partial charge is 0.471 e. The smallest absolute Gasteiger partial charge is 0.316 e. The molecule has 0 aliphatic heterocycles. The summed E-state index contributed by atoms with van der Waals surface area (Å²) in [5, 5.41) is 0. The van der Waals surface area contributed by atoms with Crippen molar-refractivity contribution in [2.45, 2.75) is 31.6 Å². The number of carbonyl (C=O) groups excluding carboxylic acids is 1. The fourth-order valence-electron chi connectivity index (χ4n) is 1.30. The molecule has 0 saturated carbocycles. The molecule has 1 unspecified atom stereocenters. The lowest BCUT2D eigenvalue weighted by molar-refractivity contribution is -0.187. The van der Waals surface area contributed by atoms with Gasteiger partial charge in [0, 0.05) is 6.54 Å². The van der Waals surface area contributed by atoms with Gasteiger partial charge in [-0.2, -0.15) is 13.2 Å². The molecular formula is C11H17F3N2O. The second-order valence-electron chi connectivity index (χ2n) is 3.53. The fourth-order valence-corrected chi connectivity index (χ4v) is 1.30. The quantitative estimate of drug-likeness (QED) is 0.428. The van der Waals surface area contributed by atoms with Crippen molar-refractivity contribution in [1.82, 2.24) is 4.90 Å². The Hall–Kier alpha value is -1.30. The van der Waals surface area contributed by atoms with Crippen molar-refractivity contribution in [3.05, 3.63) is 25.3 Å². The maximum atomic E-state index is 12.3. The molecule has 0 aliphatic rings. The lowest BCUT2D eigenvalue weighted by atomic mass is 10.2. The molecule has 0 saturated heterocycles. The van der Waals surface area contributed by atoms with Gasteiger partial charge in [-0.3, -0.25) is 4.79 Å². The molecule has 0 aromatic rings. The third-order valence-electron chi connectivity index (χ3n) is 2.14. The Bertz CT molecular complexity index is 276. The van der Waals surface area contributed by atoms with E-state index in [1.165, 1.54) is 6.08 Å². The predicted octanol–water partition coefficient (Wildman–Crippen LogP) is 2.20. The first kappa shape index (κ1) is 15.7. The number of alkyl halides is 3. The van der Waals surface area contributed by atoms with E-state index in [1.807, 2.05) is 0 Å². The molecule has 0 rings (SSSR count). The summed E-state index contributed by atoms with van der Waals surface area (Å²) >= 11 is 0. The molecule has 2 N–H and O–H groups in total. The minimum absolute atomic E-state index is 0.215. The molecule has 6 heteroatoms. The summed E-state index contributed by atoms with van der Waals surface area (Å²) in [5.74, 6) is -1.93. The van der Waals surface area contributed by atoms with Crippen LogP contribution >= 0.6 is 0 Å². The van der Waals surface area contributed by atoms with Crippen molar-refractivity contribution in [2.24, 2.45) is 5.73 Å². The van der Waals surface area contributed by atoms with Crippen LogP contribution in [0.4, 0.5) is 13.2 Å². The van der Waals surface area contributed by atoms with Gasteiger partial charge in [0.15, 0.2) is 0 Å². The van der Waals surface area contributed by atoms with Gasteiger partial charge in [0.2, 0.25) is 0 Å². The maximum Gasteiger partial charge on any atom is 0.471 e. The van der Waals surface area contributed by atoms with E-state index in [-0.39, 0.29) is 6.54 Å². The van der Waals surface area contributed by atoms with Crippen LogP contribution in [0.1, 0.15) is 19.3 Å². The van der Waals surface area contributed by atoms with E-state index in [0.29, 0.717) is 24.2 Å². The first-order valence-electron chi connectivity index (χ1n) is 5.19. The minimum atomic E-state index is -4.90. The molecule has 3 nitrogen and oxygen atoms in total. The third kappa shape index (κ3) is 5.53. The number of halogens is 3. The molecule has 0 aromatic carbocycles. The average Bonchev–Trinajstić information content (AvgIpc) is 2.23. The van der Waals surface area contributed by atoms with Crippen molar-refractivity contribution in [3.63, 3.8) is 0 Å². The van der Waals surface area contributed by atoms with E-state index in [2.05, 4.69) is 13.2 Å². The molecule has 1 atom stereocenters. The summed E-state index contributed by atoms with van der Waals surface area (Å²) in [6, 6.07) is 0. The number of nitrogens with two attached hydrogens (primary N) is 1. The highest BCUT2D eigenvalue weighted by Gasteiger charge is 2.43. The van der Waals surface area contributed by atoms with Gasteiger partial charge in [0.1, 0.15) is 0 Å². The van der Waals surface area contributed by atoms with E-state index in [9.17, 15) is 18.0 Å². The fraction of sp³-hybridized carbons (Fsp3) is 0.545. The van der Waals surface area contributed by atoms with Crippen LogP contribution in [0, 0.1) is 0 Å². The summed E-state index contributed by atoms with van der Waals surface area (Å²) in [4.78, 5) is 11.7. The van der Waals surface area contributed by atoms with Crippen LogP contribution in [0.25, 0.3) is 0 Å². The molecule has 17 heavy (non-hydrogen) atoms. The molecule has 0 aliphatic carbocycles. The molecule has 0 radical (unpaired) electrons. The maximum absolute atomic E-state index is 12.3. The zero-order chi connectivity index (χ0) is 13.5. The Labute approximate surface area is 98.8 Å². The van der Waals surface area contributed by atoms with Crippen LogP contribution in [-0.4, -0.2) is 29.7 Å². The molecule has 0 fully saturated rings. The lowest BCUT2D eigenvalue weighted by Gasteiger charge is -2.28. The van der Waals surface area contributed by atoms with Crippen LogP contribution in [-0.2, 0) is 4.79 Å². The average molecular weight is 250 g/mol. The monoisotopic (exact) mass is 250 g/mol. The number of nitrogens with zero attached hydrogens (tertiary/aromatic N) is 1. The first-order chi connectivity index (χ1) is 7.84. The Balaban J connectivity index is 4.55. The zero-order valence-corrected chi connectivity index (χ0v) is 9.54. The Kier molecular flexibility index (Phi) is 6.57. The third-order valence-corrected chi connectivity index (χ3v) is 2.14. The van der Waals surface area contributed by atoms with Gasteiger partial charge < -0.3 is 10.6 Å². The van der Waals surface area contributed by atoms with Crippen molar-refractivity contribution in [2.75, 3.05) is 6.54 Å². The standard InChI is InChI=1S/C11H17F3N2O/c1-3-5-6-7-9(15)16(8-4-2)10(17)11(12,13)14/h3-4,9H,1-2,5-8,15H2. The van der Waals surface area contributed by atoms with Crippen molar-refractivity contribution in [3.8, 4) is 0 Å². The summed E-state index contributed by atoms with van der Waals surface area (Å²) in [6.07, 6.45) is -1.46. The minimum Gasteiger partial charge on any atom is -0.316 e. The van der Waals surface area contributed by atoms with Gasteiger partial charge >= 0.3 is 12.1 Å². The molecule has 98 valence electrons. The van der Waals surface area contributed by atoms with Crippen molar-refractivity contribution in [1.29, 1.82) is 0 Å². The van der Waals surface area contributed by atoms with Gasteiger partial charge in [-0.25, -0.2) is 0 Å². The van der Waals surface area contributed by atoms with Gasteiger partial charge in [0.25, 0.3) is 0 Å². The summed E-state index contributed by atoms with van der Waals surface area (Å²) < 4.78 is 36.8. The number of allylic oxidation sites excluding steroid dienone is 1. The van der Waals surface area contributed by atoms with Crippen LogP contribution < -0.4 is 5.73 Å². The SMILES string of the molecule is C=CCCCC(N)N(CC=C)C(=O)C(F)(F)F. The molecule has 1 amide bonds. The van der Waals surface area contributed by atoms with Crippen LogP contribution in [0.5, 0.6) is 0 Å². The van der Waals surface area contributed by atoms with E-state index in [4.69, 9.17) is 5.73 Å².